The highest BCUT2D eigenvalue weighted by atomic mass is 79.9. The van der Waals surface area contributed by atoms with Gasteiger partial charge in [0.25, 0.3) is 0 Å². The summed E-state index contributed by atoms with van der Waals surface area (Å²) < 4.78 is 10.4. The van der Waals surface area contributed by atoms with Crippen molar-refractivity contribution in [3.63, 3.8) is 0 Å². The molecule has 0 fully saturated rings. The molecule has 0 spiro atoms. The normalized spacial score (nSPS) is 12.4. The van der Waals surface area contributed by atoms with Crippen molar-refractivity contribution in [2.24, 2.45) is 0 Å². The summed E-state index contributed by atoms with van der Waals surface area (Å²) in [5.41, 5.74) is 0.282. The second-order valence-corrected chi connectivity index (χ2v) is 6.56. The number of alkyl halides is 1. The van der Waals surface area contributed by atoms with Crippen molar-refractivity contribution in [1.29, 1.82) is 0 Å². The molecular formula is C16H22BrNO4. The summed E-state index contributed by atoms with van der Waals surface area (Å²) in [5, 5.41) is 3.11. The molecule has 0 saturated carbocycles. The van der Waals surface area contributed by atoms with Crippen molar-refractivity contribution in [3.8, 4) is 0 Å². The molecule has 122 valence electrons. The number of hydrogen-bond acceptors (Lipinski definition) is 4. The largest absolute Gasteiger partial charge is 0.458 e. The van der Waals surface area contributed by atoms with Crippen LogP contribution in [-0.4, -0.2) is 29.0 Å². The highest BCUT2D eigenvalue weighted by molar-refractivity contribution is 9.09. The van der Waals surface area contributed by atoms with E-state index in [1.807, 2.05) is 30.3 Å². The van der Waals surface area contributed by atoms with Crippen LogP contribution in [0.1, 0.15) is 32.8 Å². The topological polar surface area (TPSA) is 64.6 Å². The van der Waals surface area contributed by atoms with Gasteiger partial charge in [-0.3, -0.25) is 0 Å². The summed E-state index contributed by atoms with van der Waals surface area (Å²) >= 11 is 3.26. The van der Waals surface area contributed by atoms with Gasteiger partial charge in [-0.05, 0) is 32.8 Å². The van der Waals surface area contributed by atoms with Crippen molar-refractivity contribution in [3.05, 3.63) is 35.9 Å². The number of carbonyl (C=O) groups excluding carboxylic acids is 2. The molecule has 1 aromatic rings. The number of amides is 1. The molecule has 0 unspecified atom stereocenters. The average molecular weight is 372 g/mol. The molecule has 1 atom stereocenters. The number of esters is 1. The van der Waals surface area contributed by atoms with Crippen molar-refractivity contribution < 1.29 is 19.1 Å². The van der Waals surface area contributed by atoms with E-state index in [-0.39, 0.29) is 6.61 Å². The molecule has 1 amide bonds. The maximum atomic E-state index is 12.0. The van der Waals surface area contributed by atoms with Crippen LogP contribution in [-0.2, 0) is 20.9 Å². The molecule has 1 aromatic carbocycles. The van der Waals surface area contributed by atoms with Crippen molar-refractivity contribution in [1.82, 2.24) is 5.32 Å². The Balaban J connectivity index is 2.51. The lowest BCUT2D eigenvalue weighted by atomic mass is 10.1. The summed E-state index contributed by atoms with van der Waals surface area (Å²) in [6.45, 7) is 5.50. The summed E-state index contributed by atoms with van der Waals surface area (Å²) in [4.78, 5) is 23.9. The highest BCUT2D eigenvalue weighted by Crippen LogP contribution is 2.11. The Bertz CT molecular complexity index is 485. The molecule has 0 heterocycles. The summed E-state index contributed by atoms with van der Waals surface area (Å²) in [6.07, 6.45) is -0.212. The first kappa shape index (κ1) is 18.5. The molecule has 22 heavy (non-hydrogen) atoms. The fourth-order valence-electron chi connectivity index (χ4n) is 1.64. The van der Waals surface area contributed by atoms with Gasteiger partial charge in [0, 0.05) is 5.33 Å². The van der Waals surface area contributed by atoms with Gasteiger partial charge in [-0.2, -0.15) is 0 Å². The van der Waals surface area contributed by atoms with E-state index >= 15 is 0 Å². The van der Waals surface area contributed by atoms with E-state index < -0.39 is 23.7 Å². The van der Waals surface area contributed by atoms with Crippen LogP contribution in [0.25, 0.3) is 0 Å². The minimum atomic E-state index is -0.734. The Morgan fingerprint density at radius 2 is 1.86 bits per heavy atom. The van der Waals surface area contributed by atoms with E-state index in [0.717, 1.165) is 5.56 Å². The maximum absolute atomic E-state index is 12.0. The molecule has 0 saturated heterocycles. The Labute approximate surface area is 139 Å². The van der Waals surface area contributed by atoms with Gasteiger partial charge in [-0.25, -0.2) is 9.59 Å². The number of nitrogens with one attached hydrogen (secondary N) is 1. The predicted molar refractivity (Wildman–Crippen MR) is 87.8 cm³/mol. The van der Waals surface area contributed by atoms with E-state index in [4.69, 9.17) is 9.47 Å². The average Bonchev–Trinajstić information content (AvgIpc) is 2.44. The van der Waals surface area contributed by atoms with Gasteiger partial charge >= 0.3 is 12.1 Å². The van der Waals surface area contributed by atoms with Gasteiger partial charge in [0.05, 0.1) is 0 Å². The number of benzene rings is 1. The lowest BCUT2D eigenvalue weighted by Crippen LogP contribution is -2.44. The van der Waals surface area contributed by atoms with Gasteiger partial charge < -0.3 is 14.8 Å². The summed E-state index contributed by atoms with van der Waals surface area (Å²) in [5.74, 6) is -0.469. The number of halogens is 1. The van der Waals surface area contributed by atoms with Crippen LogP contribution in [0.2, 0.25) is 0 Å². The van der Waals surface area contributed by atoms with E-state index in [0.29, 0.717) is 11.8 Å². The number of rotatable bonds is 6. The molecule has 0 aliphatic heterocycles. The molecule has 1 rings (SSSR count). The second kappa shape index (κ2) is 8.78. The Kier molecular flexibility index (Phi) is 7.38. The van der Waals surface area contributed by atoms with E-state index in [9.17, 15) is 9.59 Å². The van der Waals surface area contributed by atoms with Crippen LogP contribution in [0.3, 0.4) is 0 Å². The van der Waals surface area contributed by atoms with Crippen LogP contribution in [0.15, 0.2) is 30.3 Å². The van der Waals surface area contributed by atoms with E-state index in [2.05, 4.69) is 21.2 Å². The van der Waals surface area contributed by atoms with Crippen molar-refractivity contribution >= 4 is 28.0 Å². The molecule has 0 bridgehead atoms. The lowest BCUT2D eigenvalue weighted by molar-refractivity contribution is -0.157. The van der Waals surface area contributed by atoms with Gasteiger partial charge in [0.2, 0.25) is 0 Å². The van der Waals surface area contributed by atoms with Crippen LogP contribution in [0.5, 0.6) is 0 Å². The van der Waals surface area contributed by atoms with Gasteiger partial charge in [-0.15, -0.1) is 0 Å². The van der Waals surface area contributed by atoms with Crippen molar-refractivity contribution in [2.45, 2.75) is 45.4 Å². The minimum absolute atomic E-state index is 0.155. The van der Waals surface area contributed by atoms with Crippen LogP contribution >= 0.6 is 15.9 Å². The quantitative estimate of drug-likeness (QED) is 0.614. The van der Waals surface area contributed by atoms with Crippen LogP contribution in [0, 0.1) is 0 Å². The van der Waals surface area contributed by atoms with Crippen molar-refractivity contribution in [2.75, 3.05) is 5.33 Å². The fourth-order valence-corrected chi connectivity index (χ4v) is 2.10. The van der Waals surface area contributed by atoms with E-state index in [1.54, 1.807) is 20.8 Å². The molecule has 0 aromatic heterocycles. The van der Waals surface area contributed by atoms with Gasteiger partial charge in [0.15, 0.2) is 0 Å². The minimum Gasteiger partial charge on any atom is -0.458 e. The Hall–Kier alpha value is -1.56. The summed E-state index contributed by atoms with van der Waals surface area (Å²) in [7, 11) is 0. The maximum Gasteiger partial charge on any atom is 0.408 e. The molecule has 5 nitrogen and oxygen atoms in total. The zero-order chi connectivity index (χ0) is 16.6. The highest BCUT2D eigenvalue weighted by Gasteiger charge is 2.26. The fraction of sp³-hybridized carbons (Fsp3) is 0.500. The Morgan fingerprint density at radius 3 is 2.41 bits per heavy atom. The number of ether oxygens (including phenoxy) is 2. The number of carbonyl (C=O) groups is 2. The smallest absolute Gasteiger partial charge is 0.408 e. The predicted octanol–water partition coefficient (Wildman–Crippen LogP) is 3.41. The SMILES string of the molecule is CC(C)(C)OC(=O)[C@@H](CCBr)NC(=O)OCc1ccccc1. The molecule has 0 radical (unpaired) electrons. The summed E-state index contributed by atoms with van der Waals surface area (Å²) in [6, 6.07) is 8.60. The molecule has 6 heteroatoms. The first-order valence-corrected chi connectivity index (χ1v) is 8.20. The molecule has 1 N–H and O–H groups in total. The second-order valence-electron chi connectivity index (χ2n) is 5.77. The van der Waals surface area contributed by atoms with Crippen LogP contribution < -0.4 is 5.32 Å². The molecule has 0 aliphatic carbocycles. The third kappa shape index (κ3) is 7.45. The zero-order valence-corrected chi connectivity index (χ0v) is 14.7. The van der Waals surface area contributed by atoms with Gasteiger partial charge in [-0.1, -0.05) is 46.3 Å². The Morgan fingerprint density at radius 1 is 1.23 bits per heavy atom. The van der Waals surface area contributed by atoms with E-state index in [1.165, 1.54) is 0 Å². The molecular weight excluding hydrogens is 350 g/mol. The number of hydrogen-bond donors (Lipinski definition) is 1. The monoisotopic (exact) mass is 371 g/mol. The van der Waals surface area contributed by atoms with Crippen LogP contribution in [0.4, 0.5) is 4.79 Å². The number of alkyl carbamates (subject to hydrolysis) is 1. The standard InChI is InChI=1S/C16H22BrNO4/c1-16(2,3)22-14(19)13(9-10-17)18-15(20)21-11-12-7-5-4-6-8-12/h4-8,13H,9-11H2,1-3H3,(H,18,20)/t13-/m1/s1. The lowest BCUT2D eigenvalue weighted by Gasteiger charge is -2.24. The third-order valence-electron chi connectivity index (χ3n) is 2.59. The zero-order valence-electron chi connectivity index (χ0n) is 13.1. The van der Waals surface area contributed by atoms with Gasteiger partial charge in [0.1, 0.15) is 18.2 Å². The first-order valence-electron chi connectivity index (χ1n) is 7.08. The first-order chi connectivity index (χ1) is 10.3. The third-order valence-corrected chi connectivity index (χ3v) is 3.05. The molecule has 0 aliphatic rings.